The molecule has 0 saturated carbocycles. The molecule has 4 heteroatoms. The molecule has 0 heterocycles. The van der Waals surface area contributed by atoms with Crippen molar-refractivity contribution in [3.8, 4) is 0 Å². The molecule has 0 saturated heterocycles. The molecule has 0 amide bonds. The maximum Gasteiger partial charge on any atom is 0.217 e. The molecule has 0 unspecified atom stereocenters. The van der Waals surface area contributed by atoms with Crippen LogP contribution in [-0.2, 0) is 11.2 Å². The van der Waals surface area contributed by atoms with Gasteiger partial charge in [0.25, 0.3) is 0 Å². The van der Waals surface area contributed by atoms with Gasteiger partial charge in [-0.3, -0.25) is 0 Å². The van der Waals surface area contributed by atoms with Gasteiger partial charge in [-0.2, -0.15) is 0 Å². The second-order valence-corrected chi connectivity index (χ2v) is 7.71. The van der Waals surface area contributed by atoms with Crippen LogP contribution in [0, 0.1) is 0 Å². The lowest BCUT2D eigenvalue weighted by Crippen LogP contribution is -2.37. The van der Waals surface area contributed by atoms with Crippen LogP contribution in [0.3, 0.4) is 0 Å². The maximum atomic E-state index is 10.0. The second kappa shape index (κ2) is 10.4. The summed E-state index contributed by atoms with van der Waals surface area (Å²) in [4.78, 5) is 0. The molecule has 0 aliphatic rings. The summed E-state index contributed by atoms with van der Waals surface area (Å²) >= 11 is 0. The minimum atomic E-state index is -1.91. The zero-order valence-corrected chi connectivity index (χ0v) is 17.9. The van der Waals surface area contributed by atoms with Gasteiger partial charge in [-0.1, -0.05) is 121 Å². The number of benzene rings is 4. The predicted octanol–water partition coefficient (Wildman–Crippen LogP) is 4.18. The van der Waals surface area contributed by atoms with Gasteiger partial charge >= 0.3 is 0 Å². The molecule has 0 atom stereocenters. The Kier molecular flexibility index (Phi) is 7.57. The van der Waals surface area contributed by atoms with Gasteiger partial charge in [0.2, 0.25) is 5.79 Å². The quantitative estimate of drug-likeness (QED) is 0.360. The molecule has 4 rings (SSSR count). The first kappa shape index (κ1) is 23.4. The van der Waals surface area contributed by atoms with Crippen LogP contribution in [0.15, 0.2) is 121 Å². The van der Waals surface area contributed by atoms with Gasteiger partial charge in [-0.05, 0) is 18.1 Å². The van der Waals surface area contributed by atoms with Crippen LogP contribution in [0.5, 0.6) is 0 Å². The summed E-state index contributed by atoms with van der Waals surface area (Å²) in [5.41, 5.74) is 1.91. The maximum absolute atomic E-state index is 10.0. The third-order valence-corrected chi connectivity index (χ3v) is 5.62. The van der Waals surface area contributed by atoms with Crippen LogP contribution < -0.4 is 0 Å². The molecule has 4 aromatic rings. The van der Waals surface area contributed by atoms with E-state index in [2.05, 4.69) is 0 Å². The Balaban J connectivity index is 0.000000182. The molecule has 32 heavy (non-hydrogen) atoms. The molecule has 0 radical (unpaired) electrons. The third-order valence-electron chi connectivity index (χ3n) is 5.62. The summed E-state index contributed by atoms with van der Waals surface area (Å²) in [6.45, 7) is 1.84. The van der Waals surface area contributed by atoms with E-state index in [-0.39, 0.29) is 0 Å². The van der Waals surface area contributed by atoms with E-state index in [9.17, 15) is 20.4 Å². The van der Waals surface area contributed by atoms with Crippen LogP contribution >= 0.6 is 0 Å². The molecule has 0 aromatic heterocycles. The van der Waals surface area contributed by atoms with E-state index in [1.807, 2.05) is 79.7 Å². The highest BCUT2D eigenvalue weighted by Gasteiger charge is 2.35. The molecule has 4 nitrogen and oxygen atoms in total. The van der Waals surface area contributed by atoms with E-state index >= 15 is 0 Å². The summed E-state index contributed by atoms with van der Waals surface area (Å²) in [7, 11) is 0. The molecule has 4 aromatic carbocycles. The molecule has 0 fully saturated rings. The zero-order valence-electron chi connectivity index (χ0n) is 17.9. The van der Waals surface area contributed by atoms with Gasteiger partial charge < -0.3 is 20.4 Å². The van der Waals surface area contributed by atoms with Crippen molar-refractivity contribution >= 4 is 0 Å². The van der Waals surface area contributed by atoms with E-state index in [4.69, 9.17) is 0 Å². The van der Waals surface area contributed by atoms with Gasteiger partial charge in [0.1, 0.15) is 0 Å². The highest BCUT2D eigenvalue weighted by atomic mass is 16.5. The van der Waals surface area contributed by atoms with Gasteiger partial charge in [-0.25, -0.2) is 0 Å². The SMILES string of the molecule is CC(c1ccccc1)(c1ccccc1)C(O)O.OC(O)(c1ccccc1)c1ccccc1. The normalized spacial score (nSPS) is 11.6. The van der Waals surface area contributed by atoms with Gasteiger partial charge in [0, 0.05) is 11.1 Å². The Labute approximate surface area is 188 Å². The van der Waals surface area contributed by atoms with Crippen molar-refractivity contribution in [2.75, 3.05) is 0 Å². The van der Waals surface area contributed by atoms with Crippen molar-refractivity contribution in [3.05, 3.63) is 144 Å². The lowest BCUT2D eigenvalue weighted by molar-refractivity contribution is -0.132. The summed E-state index contributed by atoms with van der Waals surface area (Å²) in [5, 5.41) is 39.5. The predicted molar refractivity (Wildman–Crippen MR) is 126 cm³/mol. The summed E-state index contributed by atoms with van der Waals surface area (Å²) in [6.07, 6.45) is -1.44. The van der Waals surface area contributed by atoms with Crippen LogP contribution in [-0.4, -0.2) is 26.7 Å². The Morgan fingerprint density at radius 2 is 0.719 bits per heavy atom. The summed E-state index contributed by atoms with van der Waals surface area (Å²) in [5.74, 6) is -1.91. The minimum absolute atomic E-state index is 0.469. The smallest absolute Gasteiger partial charge is 0.217 e. The summed E-state index contributed by atoms with van der Waals surface area (Å²) < 4.78 is 0. The Hall–Kier alpha value is -3.28. The highest BCUT2D eigenvalue weighted by Crippen LogP contribution is 2.34. The van der Waals surface area contributed by atoms with Crippen molar-refractivity contribution in [1.29, 1.82) is 0 Å². The fourth-order valence-electron chi connectivity index (χ4n) is 3.54. The highest BCUT2D eigenvalue weighted by molar-refractivity contribution is 5.39. The minimum Gasteiger partial charge on any atom is -0.367 e. The topological polar surface area (TPSA) is 80.9 Å². The second-order valence-electron chi connectivity index (χ2n) is 7.71. The number of hydrogen-bond donors (Lipinski definition) is 4. The van der Waals surface area contributed by atoms with Crippen molar-refractivity contribution in [2.24, 2.45) is 0 Å². The monoisotopic (exact) mass is 428 g/mol. The number of rotatable bonds is 5. The van der Waals surface area contributed by atoms with Crippen molar-refractivity contribution in [3.63, 3.8) is 0 Å². The lowest BCUT2D eigenvalue weighted by atomic mass is 9.75. The van der Waals surface area contributed by atoms with E-state index in [1.165, 1.54) is 0 Å². The van der Waals surface area contributed by atoms with E-state index in [1.54, 1.807) is 48.5 Å². The fourth-order valence-corrected chi connectivity index (χ4v) is 3.54. The molecule has 0 aliphatic heterocycles. The van der Waals surface area contributed by atoms with Crippen LogP contribution in [0.2, 0.25) is 0 Å². The third kappa shape index (κ3) is 5.13. The Morgan fingerprint density at radius 3 is 0.969 bits per heavy atom. The van der Waals surface area contributed by atoms with E-state index < -0.39 is 17.5 Å². The first-order chi connectivity index (χ1) is 15.4. The molecular weight excluding hydrogens is 400 g/mol. The van der Waals surface area contributed by atoms with Crippen molar-refractivity contribution in [2.45, 2.75) is 24.4 Å². The number of hydrogen-bond acceptors (Lipinski definition) is 4. The van der Waals surface area contributed by atoms with Gasteiger partial charge in [-0.15, -0.1) is 0 Å². The van der Waals surface area contributed by atoms with Gasteiger partial charge in [0.05, 0.1) is 5.41 Å². The van der Waals surface area contributed by atoms with E-state index in [0.29, 0.717) is 11.1 Å². The average Bonchev–Trinajstić information content (AvgIpc) is 2.86. The van der Waals surface area contributed by atoms with Gasteiger partial charge in [0.15, 0.2) is 6.29 Å². The van der Waals surface area contributed by atoms with E-state index in [0.717, 1.165) is 11.1 Å². The fraction of sp³-hybridized carbons (Fsp3) is 0.143. The standard InChI is InChI=1S/C15H16O2.C13H12O2/c1-15(14(16)17,12-8-4-2-5-9-12)13-10-6-3-7-11-13;14-13(15,11-7-3-1-4-8-11)12-9-5-2-6-10-12/h2-11,14,16-17H,1H3;1-10,14-15H. The summed E-state index contributed by atoms with van der Waals surface area (Å²) in [6, 6.07) is 36.6. The van der Waals surface area contributed by atoms with Crippen molar-refractivity contribution < 1.29 is 20.4 Å². The number of aliphatic hydroxyl groups is 4. The Bertz CT molecular complexity index is 982. The average molecular weight is 429 g/mol. The molecule has 164 valence electrons. The zero-order chi connectivity index (χ0) is 23.0. The lowest BCUT2D eigenvalue weighted by Gasteiger charge is -2.32. The molecule has 0 spiro atoms. The van der Waals surface area contributed by atoms with Crippen molar-refractivity contribution in [1.82, 2.24) is 0 Å². The van der Waals surface area contributed by atoms with Crippen LogP contribution in [0.1, 0.15) is 29.2 Å². The molecular formula is C28H28O4. The first-order valence-electron chi connectivity index (χ1n) is 10.4. The molecule has 4 N–H and O–H groups in total. The molecule has 0 aliphatic carbocycles. The largest absolute Gasteiger partial charge is 0.367 e. The molecule has 0 bridgehead atoms. The Morgan fingerprint density at radius 1 is 0.469 bits per heavy atom. The van der Waals surface area contributed by atoms with Crippen LogP contribution in [0.4, 0.5) is 0 Å². The first-order valence-corrected chi connectivity index (χ1v) is 10.4. The van der Waals surface area contributed by atoms with Crippen LogP contribution in [0.25, 0.3) is 0 Å². The number of aliphatic hydroxyl groups excluding tert-OH is 1.